The van der Waals surface area contributed by atoms with Crippen LogP contribution in [-0.2, 0) is 16.0 Å². The van der Waals surface area contributed by atoms with Gasteiger partial charge in [0.05, 0.1) is 0 Å². The van der Waals surface area contributed by atoms with E-state index in [1.54, 1.807) is 0 Å². The summed E-state index contributed by atoms with van der Waals surface area (Å²) in [6.45, 7) is 3.14. The summed E-state index contributed by atoms with van der Waals surface area (Å²) in [7, 11) is 0. The molecule has 0 saturated carbocycles. The van der Waals surface area contributed by atoms with E-state index in [1.807, 2.05) is 36.1 Å². The Morgan fingerprint density at radius 2 is 2.26 bits per heavy atom. The van der Waals surface area contributed by atoms with Crippen molar-refractivity contribution in [1.82, 2.24) is 0 Å². The molecule has 1 aromatic rings. The van der Waals surface area contributed by atoms with Crippen LogP contribution in [0.5, 0.6) is 0 Å². The quantitative estimate of drug-likeness (QED) is 0.832. The number of ether oxygens (including phenoxy) is 1. The Bertz CT molecular complexity index is 495. The average molecular weight is 260 g/mol. The van der Waals surface area contributed by atoms with Crippen molar-refractivity contribution < 1.29 is 9.53 Å². The smallest absolute Gasteiger partial charge is 0.258 e. The number of benzene rings is 1. The molecule has 4 nitrogen and oxygen atoms in total. The molecular weight excluding hydrogens is 240 g/mol. The number of fused-ring (bicyclic) bond motifs is 1. The molecule has 0 bridgehead atoms. The fourth-order valence-electron chi connectivity index (χ4n) is 3.05. The van der Waals surface area contributed by atoms with Crippen molar-refractivity contribution in [2.75, 3.05) is 18.1 Å². The molecule has 3 rings (SSSR count). The first-order valence-electron chi connectivity index (χ1n) is 6.89. The van der Waals surface area contributed by atoms with Gasteiger partial charge in [-0.2, -0.15) is 0 Å². The van der Waals surface area contributed by atoms with Crippen LogP contribution >= 0.6 is 0 Å². The maximum Gasteiger partial charge on any atom is 0.258 e. The van der Waals surface area contributed by atoms with E-state index in [1.165, 1.54) is 0 Å². The van der Waals surface area contributed by atoms with Crippen molar-refractivity contribution in [1.29, 1.82) is 0 Å². The zero-order chi connectivity index (χ0) is 13.5. The molecule has 19 heavy (non-hydrogen) atoms. The molecule has 1 saturated heterocycles. The van der Waals surface area contributed by atoms with Crippen LogP contribution in [0, 0.1) is 0 Å². The van der Waals surface area contributed by atoms with Crippen LogP contribution in [0.1, 0.15) is 25.3 Å². The van der Waals surface area contributed by atoms with Crippen LogP contribution in [0.15, 0.2) is 24.3 Å². The molecule has 0 radical (unpaired) electrons. The van der Waals surface area contributed by atoms with Crippen LogP contribution in [0.3, 0.4) is 0 Å². The molecule has 4 heteroatoms. The highest BCUT2D eigenvalue weighted by Crippen LogP contribution is 2.33. The van der Waals surface area contributed by atoms with Crippen LogP contribution in [0.25, 0.3) is 0 Å². The largest absolute Gasteiger partial charge is 0.365 e. The zero-order valence-corrected chi connectivity index (χ0v) is 11.3. The third-order valence-electron chi connectivity index (χ3n) is 4.10. The Morgan fingerprint density at radius 3 is 3.00 bits per heavy atom. The van der Waals surface area contributed by atoms with Crippen LogP contribution in [0.2, 0.25) is 0 Å². The first kappa shape index (κ1) is 12.6. The number of para-hydroxylation sites is 1. The van der Waals surface area contributed by atoms with Crippen molar-refractivity contribution in [3.63, 3.8) is 0 Å². The summed E-state index contributed by atoms with van der Waals surface area (Å²) in [5, 5.41) is 0. The van der Waals surface area contributed by atoms with Crippen molar-refractivity contribution in [3.05, 3.63) is 29.8 Å². The lowest BCUT2D eigenvalue weighted by Crippen LogP contribution is -2.53. The number of nitrogens with zero attached hydrogens (tertiary/aromatic N) is 1. The number of hydrogen-bond donors (Lipinski definition) is 1. The lowest BCUT2D eigenvalue weighted by Gasteiger charge is -2.37. The van der Waals surface area contributed by atoms with E-state index in [2.05, 4.69) is 0 Å². The molecule has 2 heterocycles. The maximum absolute atomic E-state index is 12.8. The highest BCUT2D eigenvalue weighted by Gasteiger charge is 2.42. The van der Waals surface area contributed by atoms with E-state index in [4.69, 9.17) is 10.5 Å². The second-order valence-corrected chi connectivity index (χ2v) is 5.69. The van der Waals surface area contributed by atoms with E-state index in [0.29, 0.717) is 13.2 Å². The minimum Gasteiger partial charge on any atom is -0.365 e. The summed E-state index contributed by atoms with van der Waals surface area (Å²) >= 11 is 0. The van der Waals surface area contributed by atoms with E-state index >= 15 is 0 Å². The predicted molar refractivity (Wildman–Crippen MR) is 74.1 cm³/mol. The fourth-order valence-corrected chi connectivity index (χ4v) is 3.05. The van der Waals surface area contributed by atoms with E-state index < -0.39 is 5.60 Å². The molecule has 1 aromatic carbocycles. The number of anilines is 1. The van der Waals surface area contributed by atoms with Gasteiger partial charge in [0.15, 0.2) is 0 Å². The van der Waals surface area contributed by atoms with Gasteiger partial charge in [0.2, 0.25) is 0 Å². The molecular formula is C15H20N2O2. The molecule has 2 N–H and O–H groups in total. The Morgan fingerprint density at radius 1 is 1.47 bits per heavy atom. The average Bonchev–Trinajstić information content (AvgIpc) is 2.85. The number of nitrogens with two attached hydrogens (primary N) is 1. The first-order chi connectivity index (χ1) is 9.10. The maximum atomic E-state index is 12.8. The second-order valence-electron chi connectivity index (χ2n) is 5.69. The Balaban J connectivity index is 1.94. The lowest BCUT2D eigenvalue weighted by atomic mass is 9.94. The third kappa shape index (κ3) is 2.15. The van der Waals surface area contributed by atoms with Crippen molar-refractivity contribution in [2.45, 2.75) is 37.8 Å². The van der Waals surface area contributed by atoms with Gasteiger partial charge in [-0.25, -0.2) is 0 Å². The minimum atomic E-state index is -0.676. The summed E-state index contributed by atoms with van der Waals surface area (Å²) in [6, 6.07) is 8.01. The molecule has 0 aliphatic carbocycles. The van der Waals surface area contributed by atoms with Gasteiger partial charge < -0.3 is 15.4 Å². The fraction of sp³-hybridized carbons (Fsp3) is 0.533. The molecule has 1 amide bonds. The summed E-state index contributed by atoms with van der Waals surface area (Å²) in [4.78, 5) is 14.6. The molecule has 0 spiro atoms. The van der Waals surface area contributed by atoms with Gasteiger partial charge in [-0.3, -0.25) is 4.79 Å². The predicted octanol–water partition coefficient (Wildman–Crippen LogP) is 1.47. The van der Waals surface area contributed by atoms with Gasteiger partial charge in [-0.15, -0.1) is 0 Å². The molecule has 2 atom stereocenters. The Labute approximate surface area is 113 Å². The molecule has 0 aromatic heterocycles. The van der Waals surface area contributed by atoms with Crippen LogP contribution in [0.4, 0.5) is 5.69 Å². The number of amides is 1. The van der Waals surface area contributed by atoms with Gasteiger partial charge in [-0.05, 0) is 37.8 Å². The van der Waals surface area contributed by atoms with E-state index in [-0.39, 0.29) is 11.9 Å². The standard InChI is InChI=1S/C15H20N2O2/c1-15(7-4-8-19-15)14(18)17-10-12(16)9-11-5-2-3-6-13(11)17/h2-3,5-6,12H,4,7-10,16H2,1H3. The van der Waals surface area contributed by atoms with E-state index in [0.717, 1.165) is 30.5 Å². The summed E-state index contributed by atoms with van der Waals surface area (Å²) in [6.07, 6.45) is 2.57. The topological polar surface area (TPSA) is 55.6 Å². The zero-order valence-electron chi connectivity index (χ0n) is 11.3. The highest BCUT2D eigenvalue weighted by atomic mass is 16.5. The molecule has 2 aliphatic rings. The number of carbonyl (C=O) groups excluding carboxylic acids is 1. The third-order valence-corrected chi connectivity index (χ3v) is 4.10. The van der Waals surface area contributed by atoms with Crippen molar-refractivity contribution >= 4 is 11.6 Å². The van der Waals surface area contributed by atoms with Gasteiger partial charge in [-0.1, -0.05) is 18.2 Å². The second kappa shape index (κ2) is 4.62. The number of rotatable bonds is 1. The van der Waals surface area contributed by atoms with Crippen molar-refractivity contribution in [3.8, 4) is 0 Å². The highest BCUT2D eigenvalue weighted by molar-refractivity contribution is 6.00. The normalized spacial score (nSPS) is 30.2. The summed E-state index contributed by atoms with van der Waals surface area (Å²) in [5.74, 6) is 0.0487. The first-order valence-corrected chi connectivity index (χ1v) is 6.89. The molecule has 2 unspecified atom stereocenters. The van der Waals surface area contributed by atoms with Gasteiger partial charge in [0.1, 0.15) is 5.60 Å². The van der Waals surface area contributed by atoms with Crippen LogP contribution < -0.4 is 10.6 Å². The summed E-state index contributed by atoms with van der Waals surface area (Å²) < 4.78 is 5.67. The minimum absolute atomic E-state index is 0.00357. The molecule has 2 aliphatic heterocycles. The summed E-state index contributed by atoms with van der Waals surface area (Å²) in [5.41, 5.74) is 7.55. The molecule has 102 valence electrons. The van der Waals surface area contributed by atoms with Gasteiger partial charge >= 0.3 is 0 Å². The van der Waals surface area contributed by atoms with Crippen LogP contribution in [-0.4, -0.2) is 30.7 Å². The number of hydrogen-bond acceptors (Lipinski definition) is 3. The van der Waals surface area contributed by atoms with Crippen molar-refractivity contribution in [2.24, 2.45) is 5.73 Å². The molecule has 1 fully saturated rings. The Hall–Kier alpha value is -1.39. The van der Waals surface area contributed by atoms with E-state index in [9.17, 15) is 4.79 Å². The SMILES string of the molecule is CC1(C(=O)N2CC(N)Cc3ccccc32)CCCO1. The Kier molecular flexibility index (Phi) is 3.07. The monoisotopic (exact) mass is 260 g/mol. The lowest BCUT2D eigenvalue weighted by molar-refractivity contribution is -0.136. The number of carbonyl (C=O) groups is 1. The van der Waals surface area contributed by atoms with Gasteiger partial charge in [0.25, 0.3) is 5.91 Å². The van der Waals surface area contributed by atoms with Gasteiger partial charge in [0, 0.05) is 24.9 Å².